The van der Waals surface area contributed by atoms with E-state index in [4.69, 9.17) is 0 Å². The smallest absolute Gasteiger partial charge is 0.191 e. The van der Waals surface area contributed by atoms with Crippen LogP contribution in [-0.4, -0.2) is 20.5 Å². The van der Waals surface area contributed by atoms with Gasteiger partial charge in [-0.2, -0.15) is 0 Å². The molecule has 0 amide bonds. The van der Waals surface area contributed by atoms with Crippen molar-refractivity contribution in [1.29, 1.82) is 0 Å². The van der Waals surface area contributed by atoms with Gasteiger partial charge >= 0.3 is 0 Å². The summed E-state index contributed by atoms with van der Waals surface area (Å²) in [7, 11) is 0. The number of allylic oxidation sites excluding steroid dienone is 1. The molecule has 0 unspecified atom stereocenters. The molecule has 0 saturated carbocycles. The molecule has 1 aromatic heterocycles. The summed E-state index contributed by atoms with van der Waals surface area (Å²) in [5.74, 6) is 2.01. The first kappa shape index (κ1) is 13.9. The molecule has 100 valence electrons. The Balaban J connectivity index is 1.81. The van der Waals surface area contributed by atoms with E-state index < -0.39 is 0 Å². The van der Waals surface area contributed by atoms with E-state index in [1.54, 1.807) is 11.8 Å². The van der Waals surface area contributed by atoms with Gasteiger partial charge in [0.2, 0.25) is 0 Å². The summed E-state index contributed by atoms with van der Waals surface area (Å²) < 4.78 is 2.10. The first-order valence-electron chi connectivity index (χ1n) is 6.48. The Morgan fingerprint density at radius 3 is 2.79 bits per heavy atom. The highest BCUT2D eigenvalue weighted by Gasteiger charge is 2.07. The molecule has 1 heterocycles. The molecule has 19 heavy (non-hydrogen) atoms. The van der Waals surface area contributed by atoms with Gasteiger partial charge < -0.3 is 4.57 Å². The van der Waals surface area contributed by atoms with Crippen LogP contribution in [-0.2, 0) is 13.0 Å². The fourth-order valence-corrected chi connectivity index (χ4v) is 2.82. The van der Waals surface area contributed by atoms with Crippen molar-refractivity contribution in [2.24, 2.45) is 0 Å². The summed E-state index contributed by atoms with van der Waals surface area (Å²) in [5, 5.41) is 9.31. The number of rotatable bonds is 7. The van der Waals surface area contributed by atoms with Crippen LogP contribution in [0.4, 0.5) is 0 Å². The van der Waals surface area contributed by atoms with Gasteiger partial charge in [-0.1, -0.05) is 48.2 Å². The van der Waals surface area contributed by atoms with Gasteiger partial charge in [-0.05, 0) is 25.3 Å². The molecule has 2 aromatic rings. The fourth-order valence-electron chi connectivity index (χ4n) is 1.89. The average Bonchev–Trinajstić information content (AvgIpc) is 2.78. The zero-order valence-corrected chi connectivity index (χ0v) is 12.1. The molecule has 0 N–H and O–H groups in total. The Kier molecular flexibility index (Phi) is 5.21. The van der Waals surface area contributed by atoms with Crippen LogP contribution in [0.25, 0.3) is 0 Å². The van der Waals surface area contributed by atoms with Crippen LogP contribution in [0.1, 0.15) is 17.8 Å². The number of hydrogen-bond acceptors (Lipinski definition) is 3. The highest BCUT2D eigenvalue weighted by Crippen LogP contribution is 2.18. The predicted molar refractivity (Wildman–Crippen MR) is 80.4 cm³/mol. The van der Waals surface area contributed by atoms with Crippen molar-refractivity contribution in [3.05, 3.63) is 54.4 Å². The molecule has 0 spiro atoms. The highest BCUT2D eigenvalue weighted by atomic mass is 32.2. The summed E-state index contributed by atoms with van der Waals surface area (Å²) in [4.78, 5) is 0. The van der Waals surface area contributed by atoms with Gasteiger partial charge in [0.15, 0.2) is 5.16 Å². The van der Waals surface area contributed by atoms with Crippen LogP contribution in [0.3, 0.4) is 0 Å². The minimum absolute atomic E-state index is 0.778. The van der Waals surface area contributed by atoms with Crippen molar-refractivity contribution in [2.75, 3.05) is 5.75 Å². The second-order valence-corrected chi connectivity index (χ2v) is 5.43. The van der Waals surface area contributed by atoms with E-state index in [0.717, 1.165) is 36.1 Å². The van der Waals surface area contributed by atoms with Crippen molar-refractivity contribution in [1.82, 2.24) is 14.8 Å². The van der Waals surface area contributed by atoms with E-state index in [1.165, 1.54) is 5.56 Å². The quantitative estimate of drug-likeness (QED) is 0.439. The second kappa shape index (κ2) is 7.14. The van der Waals surface area contributed by atoms with Gasteiger partial charge in [-0.15, -0.1) is 16.8 Å². The van der Waals surface area contributed by atoms with Gasteiger partial charge in [-0.25, -0.2) is 0 Å². The maximum Gasteiger partial charge on any atom is 0.191 e. The molecule has 0 radical (unpaired) electrons. The maximum atomic E-state index is 4.21. The Morgan fingerprint density at radius 1 is 1.26 bits per heavy atom. The molecular formula is C15H19N3S. The minimum Gasteiger partial charge on any atom is -0.302 e. The van der Waals surface area contributed by atoms with Crippen molar-refractivity contribution >= 4 is 11.8 Å². The van der Waals surface area contributed by atoms with E-state index in [9.17, 15) is 0 Å². The molecular weight excluding hydrogens is 254 g/mol. The largest absolute Gasteiger partial charge is 0.302 e. The number of nitrogens with zero attached hydrogens (tertiary/aromatic N) is 3. The van der Waals surface area contributed by atoms with Gasteiger partial charge in [0.05, 0.1) is 0 Å². The molecule has 0 aliphatic carbocycles. The molecule has 0 fully saturated rings. The molecule has 4 heteroatoms. The minimum atomic E-state index is 0.778. The topological polar surface area (TPSA) is 30.7 Å². The molecule has 3 nitrogen and oxygen atoms in total. The lowest BCUT2D eigenvalue weighted by Gasteiger charge is -2.05. The van der Waals surface area contributed by atoms with E-state index in [1.807, 2.05) is 13.0 Å². The molecule has 0 bridgehead atoms. The Bertz CT molecular complexity index is 519. The number of benzene rings is 1. The average molecular weight is 273 g/mol. The third-order valence-corrected chi connectivity index (χ3v) is 3.95. The molecule has 0 aliphatic heterocycles. The van der Waals surface area contributed by atoms with Crippen molar-refractivity contribution in [2.45, 2.75) is 31.5 Å². The van der Waals surface area contributed by atoms with Gasteiger partial charge in [0.25, 0.3) is 0 Å². The van der Waals surface area contributed by atoms with E-state index in [0.29, 0.717) is 0 Å². The number of thioether (sulfide) groups is 1. The monoisotopic (exact) mass is 273 g/mol. The normalized spacial score (nSPS) is 10.6. The lowest BCUT2D eigenvalue weighted by atomic mass is 10.1. The number of aryl methyl sites for hydroxylation is 2. The van der Waals surface area contributed by atoms with E-state index in [2.05, 4.69) is 51.7 Å². The van der Waals surface area contributed by atoms with Crippen molar-refractivity contribution in [3.63, 3.8) is 0 Å². The van der Waals surface area contributed by atoms with Gasteiger partial charge in [0, 0.05) is 12.3 Å². The van der Waals surface area contributed by atoms with Crippen molar-refractivity contribution in [3.8, 4) is 0 Å². The van der Waals surface area contributed by atoms with Crippen LogP contribution in [0, 0.1) is 6.92 Å². The van der Waals surface area contributed by atoms with Gasteiger partial charge in [-0.3, -0.25) is 0 Å². The van der Waals surface area contributed by atoms with Gasteiger partial charge in [0.1, 0.15) is 5.82 Å². The first-order valence-corrected chi connectivity index (χ1v) is 7.47. The summed E-state index contributed by atoms with van der Waals surface area (Å²) >= 11 is 1.77. The summed E-state index contributed by atoms with van der Waals surface area (Å²) in [5.41, 5.74) is 1.40. The zero-order valence-electron chi connectivity index (χ0n) is 11.2. The van der Waals surface area contributed by atoms with Crippen LogP contribution >= 0.6 is 11.8 Å². The lowest BCUT2D eigenvalue weighted by molar-refractivity contribution is 0.703. The zero-order chi connectivity index (χ0) is 13.5. The number of aromatic nitrogens is 3. The fraction of sp³-hybridized carbons (Fsp3) is 0.333. The highest BCUT2D eigenvalue weighted by molar-refractivity contribution is 7.99. The molecule has 2 rings (SSSR count). The Labute approximate surface area is 118 Å². The molecule has 1 aromatic carbocycles. The predicted octanol–water partition coefficient (Wildman–Crippen LogP) is 3.50. The first-order chi connectivity index (χ1) is 9.31. The van der Waals surface area contributed by atoms with E-state index >= 15 is 0 Å². The Morgan fingerprint density at radius 2 is 2.05 bits per heavy atom. The summed E-state index contributed by atoms with van der Waals surface area (Å²) in [6.45, 7) is 6.52. The molecule has 0 aliphatic rings. The van der Waals surface area contributed by atoms with Crippen molar-refractivity contribution < 1.29 is 0 Å². The Hall–Kier alpha value is -1.55. The third kappa shape index (κ3) is 3.96. The second-order valence-electron chi connectivity index (χ2n) is 4.37. The summed E-state index contributed by atoms with van der Waals surface area (Å²) in [6.07, 6.45) is 4.14. The third-order valence-electron chi connectivity index (χ3n) is 2.90. The maximum absolute atomic E-state index is 4.21. The lowest BCUT2D eigenvalue weighted by Crippen LogP contribution is -2.00. The van der Waals surface area contributed by atoms with Crippen LogP contribution in [0.15, 0.2) is 48.1 Å². The van der Waals surface area contributed by atoms with E-state index in [-0.39, 0.29) is 0 Å². The van der Waals surface area contributed by atoms with Crippen LogP contribution < -0.4 is 0 Å². The SMILES string of the molecule is C=CCn1c(C)nnc1SCCCc1ccccc1. The standard InChI is InChI=1S/C15H19N3S/c1-3-11-18-13(2)16-17-15(18)19-12-7-10-14-8-5-4-6-9-14/h3-6,8-9H,1,7,10-12H2,2H3. The number of hydrogen-bond donors (Lipinski definition) is 0. The molecule has 0 saturated heterocycles. The molecule has 0 atom stereocenters. The summed E-state index contributed by atoms with van der Waals surface area (Å²) in [6, 6.07) is 10.6. The van der Waals surface area contributed by atoms with Crippen LogP contribution in [0.5, 0.6) is 0 Å². The van der Waals surface area contributed by atoms with Crippen LogP contribution in [0.2, 0.25) is 0 Å².